The van der Waals surface area contributed by atoms with Crippen molar-refractivity contribution in [1.29, 1.82) is 0 Å². The molecule has 10 heteroatoms. The van der Waals surface area contributed by atoms with Crippen molar-refractivity contribution in [3.05, 3.63) is 71.1 Å². The van der Waals surface area contributed by atoms with Gasteiger partial charge in [0.1, 0.15) is 23.0 Å². The molecule has 3 aromatic rings. The Bertz CT molecular complexity index is 1300. The second kappa shape index (κ2) is 10.1. The fourth-order valence-corrected chi connectivity index (χ4v) is 4.39. The lowest BCUT2D eigenvalue weighted by molar-refractivity contribution is -0.113. The van der Waals surface area contributed by atoms with Crippen LogP contribution in [-0.2, 0) is 4.79 Å². The Morgan fingerprint density at radius 3 is 2.46 bits per heavy atom. The molecule has 35 heavy (non-hydrogen) atoms. The second-order valence-corrected chi connectivity index (χ2v) is 8.16. The quantitative estimate of drug-likeness (QED) is 0.464. The molecule has 182 valence electrons. The van der Waals surface area contributed by atoms with E-state index in [2.05, 4.69) is 15.8 Å². The maximum atomic E-state index is 13.7. The molecule has 0 saturated heterocycles. The Balaban J connectivity index is 1.87. The maximum Gasteiger partial charge on any atom is 0.257 e. The fraction of sp³-hybridized carbons (Fsp3) is 0.240. The lowest BCUT2D eigenvalue weighted by Crippen LogP contribution is -2.48. The molecule has 0 radical (unpaired) electrons. The van der Waals surface area contributed by atoms with E-state index in [9.17, 15) is 4.79 Å². The van der Waals surface area contributed by atoms with E-state index in [1.165, 1.54) is 0 Å². The van der Waals surface area contributed by atoms with Crippen molar-refractivity contribution in [2.45, 2.75) is 19.9 Å². The molecule has 2 N–H and O–H groups in total. The number of carbonyl (C=O) groups is 1. The predicted molar refractivity (Wildman–Crippen MR) is 136 cm³/mol. The number of amides is 1. The number of carbonyl (C=O) groups excluding carboxylic acids is 1. The zero-order valence-electron chi connectivity index (χ0n) is 20.0. The van der Waals surface area contributed by atoms with E-state index in [0.717, 1.165) is 5.56 Å². The molecule has 0 aliphatic carbocycles. The van der Waals surface area contributed by atoms with E-state index in [-0.39, 0.29) is 5.91 Å². The summed E-state index contributed by atoms with van der Waals surface area (Å²) in [6.07, 6.45) is 0. The van der Waals surface area contributed by atoms with Crippen LogP contribution in [0.4, 0.5) is 11.5 Å². The van der Waals surface area contributed by atoms with Crippen molar-refractivity contribution in [3.63, 3.8) is 0 Å². The molecule has 0 unspecified atom stereocenters. The Morgan fingerprint density at radius 2 is 1.80 bits per heavy atom. The van der Waals surface area contributed by atoms with E-state index in [1.807, 2.05) is 37.3 Å². The van der Waals surface area contributed by atoms with Gasteiger partial charge < -0.3 is 29.4 Å². The summed E-state index contributed by atoms with van der Waals surface area (Å²) >= 11 is 5.77. The second-order valence-electron chi connectivity index (χ2n) is 7.77. The number of anilines is 2. The maximum absolute atomic E-state index is 13.7. The number of methoxy groups -OCH3 is 3. The molecule has 1 aromatic heterocycles. The number of aromatic nitrogens is 1. The van der Waals surface area contributed by atoms with Gasteiger partial charge in [0.15, 0.2) is 10.9 Å². The highest BCUT2D eigenvalue weighted by atomic mass is 32.1. The summed E-state index contributed by atoms with van der Waals surface area (Å²) in [5.41, 5.74) is 2.47. The van der Waals surface area contributed by atoms with Crippen molar-refractivity contribution >= 4 is 34.7 Å². The first-order valence-corrected chi connectivity index (χ1v) is 11.2. The Labute approximate surface area is 208 Å². The van der Waals surface area contributed by atoms with E-state index >= 15 is 0 Å². The molecule has 0 saturated carbocycles. The topological polar surface area (TPSA) is 98.1 Å². The highest BCUT2D eigenvalue weighted by Gasteiger charge is 2.37. The lowest BCUT2D eigenvalue weighted by atomic mass is 9.93. The first-order valence-electron chi connectivity index (χ1n) is 10.8. The number of thiocarbonyl (C=S) groups is 1. The number of ether oxygens (including phenoxy) is 3. The van der Waals surface area contributed by atoms with Gasteiger partial charge in [0.2, 0.25) is 0 Å². The molecule has 1 aliphatic rings. The number of rotatable bonds is 7. The predicted octanol–water partition coefficient (Wildman–Crippen LogP) is 4.36. The van der Waals surface area contributed by atoms with Crippen LogP contribution in [0.1, 0.15) is 24.3 Å². The summed E-state index contributed by atoms with van der Waals surface area (Å²) in [5, 5.41) is 10.5. The van der Waals surface area contributed by atoms with Gasteiger partial charge in [0.05, 0.1) is 38.6 Å². The SMILES string of the molecule is COc1ccc([C@@H]2NC(=S)N(c3ccccc3OC)C(C)=C2C(=O)Nc2cc(C)on2)c(OC)c1. The molecular formula is C25H26N4O5S. The van der Waals surface area contributed by atoms with Crippen LogP contribution >= 0.6 is 12.2 Å². The summed E-state index contributed by atoms with van der Waals surface area (Å²) in [7, 11) is 4.73. The van der Waals surface area contributed by atoms with Crippen LogP contribution in [0.2, 0.25) is 0 Å². The third-order valence-electron chi connectivity index (χ3n) is 5.68. The summed E-state index contributed by atoms with van der Waals surface area (Å²) in [4.78, 5) is 15.5. The third kappa shape index (κ3) is 4.65. The lowest BCUT2D eigenvalue weighted by Gasteiger charge is -2.38. The molecule has 0 bridgehead atoms. The van der Waals surface area contributed by atoms with Crippen molar-refractivity contribution in [2.24, 2.45) is 0 Å². The van der Waals surface area contributed by atoms with Crippen LogP contribution in [0.5, 0.6) is 17.2 Å². The zero-order valence-corrected chi connectivity index (χ0v) is 20.9. The Kier molecular flexibility index (Phi) is 6.92. The minimum absolute atomic E-state index is 0.310. The molecule has 1 atom stereocenters. The van der Waals surface area contributed by atoms with Crippen LogP contribution in [0.15, 0.2) is 64.3 Å². The van der Waals surface area contributed by atoms with Gasteiger partial charge in [-0.05, 0) is 50.3 Å². The number of benzene rings is 2. The van der Waals surface area contributed by atoms with Crippen molar-refractivity contribution in [1.82, 2.24) is 10.5 Å². The smallest absolute Gasteiger partial charge is 0.257 e. The summed E-state index contributed by atoms with van der Waals surface area (Å²) in [6, 6.07) is 13.9. The van der Waals surface area contributed by atoms with Crippen LogP contribution in [0.25, 0.3) is 0 Å². The number of aryl methyl sites for hydroxylation is 1. The first-order chi connectivity index (χ1) is 16.9. The normalized spacial score (nSPS) is 15.5. The van der Waals surface area contributed by atoms with Gasteiger partial charge >= 0.3 is 0 Å². The summed E-state index contributed by atoms with van der Waals surface area (Å²) in [6.45, 7) is 3.59. The van der Waals surface area contributed by atoms with Gasteiger partial charge in [0, 0.05) is 23.4 Å². The molecule has 0 spiro atoms. The van der Waals surface area contributed by atoms with Crippen molar-refractivity contribution in [3.8, 4) is 17.2 Å². The first kappa shape index (κ1) is 24.1. The summed E-state index contributed by atoms with van der Waals surface area (Å²) in [5.74, 6) is 2.32. The largest absolute Gasteiger partial charge is 0.497 e. The van der Waals surface area contributed by atoms with E-state index in [0.29, 0.717) is 50.9 Å². The minimum Gasteiger partial charge on any atom is -0.497 e. The third-order valence-corrected chi connectivity index (χ3v) is 5.98. The molecule has 0 fully saturated rings. The number of hydrogen-bond donors (Lipinski definition) is 2. The fourth-order valence-electron chi connectivity index (χ4n) is 4.04. The molecule has 9 nitrogen and oxygen atoms in total. The standard InChI is InChI=1S/C25H26N4O5S/c1-14-12-21(28-34-14)26-24(30)22-15(2)29(18-8-6-7-9-19(18)32-4)25(35)27-23(22)17-11-10-16(31-3)13-20(17)33-5/h6-13,23H,1-5H3,(H,27,35)(H,26,28,30)/t23-/m0/s1. The highest BCUT2D eigenvalue weighted by Crippen LogP contribution is 2.40. The number of nitrogens with one attached hydrogen (secondary N) is 2. The highest BCUT2D eigenvalue weighted by molar-refractivity contribution is 7.80. The molecule has 2 heterocycles. The Morgan fingerprint density at radius 1 is 1.06 bits per heavy atom. The number of allylic oxidation sites excluding steroid dienone is 1. The zero-order chi connectivity index (χ0) is 25.1. The van der Waals surface area contributed by atoms with Gasteiger partial charge in [-0.25, -0.2) is 0 Å². The van der Waals surface area contributed by atoms with Gasteiger partial charge in [-0.3, -0.25) is 9.69 Å². The van der Waals surface area contributed by atoms with Gasteiger partial charge in [-0.15, -0.1) is 0 Å². The van der Waals surface area contributed by atoms with Crippen molar-refractivity contribution in [2.75, 3.05) is 31.5 Å². The monoisotopic (exact) mass is 494 g/mol. The molecule has 4 rings (SSSR count). The number of nitrogens with zero attached hydrogens (tertiary/aromatic N) is 2. The van der Waals surface area contributed by atoms with E-state index in [1.54, 1.807) is 51.4 Å². The van der Waals surface area contributed by atoms with Crippen LogP contribution in [-0.4, -0.2) is 37.5 Å². The van der Waals surface area contributed by atoms with Gasteiger partial charge in [-0.2, -0.15) is 0 Å². The van der Waals surface area contributed by atoms with Gasteiger partial charge in [-0.1, -0.05) is 17.3 Å². The molecular weight excluding hydrogens is 468 g/mol. The van der Waals surface area contributed by atoms with Crippen molar-refractivity contribution < 1.29 is 23.5 Å². The number of para-hydroxylation sites is 2. The molecule has 2 aromatic carbocycles. The minimum atomic E-state index is -0.609. The average Bonchev–Trinajstić information content (AvgIpc) is 3.27. The van der Waals surface area contributed by atoms with Gasteiger partial charge in [0.25, 0.3) is 5.91 Å². The van der Waals surface area contributed by atoms with Crippen LogP contribution in [0.3, 0.4) is 0 Å². The molecule has 1 amide bonds. The summed E-state index contributed by atoms with van der Waals surface area (Å²) < 4.78 is 21.6. The molecule has 1 aliphatic heterocycles. The average molecular weight is 495 g/mol. The van der Waals surface area contributed by atoms with Crippen LogP contribution in [0, 0.1) is 6.92 Å². The Hall–Kier alpha value is -4.05. The van der Waals surface area contributed by atoms with E-state index in [4.69, 9.17) is 31.0 Å². The van der Waals surface area contributed by atoms with Crippen LogP contribution < -0.4 is 29.7 Å². The number of hydrogen-bond acceptors (Lipinski definition) is 7. The van der Waals surface area contributed by atoms with E-state index < -0.39 is 6.04 Å².